The van der Waals surface area contributed by atoms with Gasteiger partial charge in [0.1, 0.15) is 23.9 Å². The van der Waals surface area contributed by atoms with Gasteiger partial charge >= 0.3 is 18.0 Å². The molecule has 0 aromatic heterocycles. The summed E-state index contributed by atoms with van der Waals surface area (Å²) in [6, 6.07) is 15.3. The van der Waals surface area contributed by atoms with Crippen LogP contribution in [0.3, 0.4) is 0 Å². The highest BCUT2D eigenvalue weighted by Crippen LogP contribution is 2.25. The van der Waals surface area contributed by atoms with E-state index >= 15 is 0 Å². The lowest BCUT2D eigenvalue weighted by Gasteiger charge is -2.32. The summed E-state index contributed by atoms with van der Waals surface area (Å²) in [6.07, 6.45) is 0.0592. The third-order valence-corrected chi connectivity index (χ3v) is 6.31. The summed E-state index contributed by atoms with van der Waals surface area (Å²) in [4.78, 5) is 40.5. The number of halogens is 1. The maximum absolute atomic E-state index is 14.8. The molecule has 0 bridgehead atoms. The molecular formula is C32H40FNO7. The Kier molecular flexibility index (Phi) is 10.5. The summed E-state index contributed by atoms with van der Waals surface area (Å²) in [6.45, 7) is 8.28. The van der Waals surface area contributed by atoms with Crippen molar-refractivity contribution in [2.45, 2.75) is 83.9 Å². The molecule has 41 heavy (non-hydrogen) atoms. The van der Waals surface area contributed by atoms with Crippen molar-refractivity contribution in [1.29, 1.82) is 0 Å². The van der Waals surface area contributed by atoms with E-state index < -0.39 is 41.4 Å². The number of amides is 1. The van der Waals surface area contributed by atoms with E-state index in [-0.39, 0.29) is 19.4 Å². The number of carbonyl (C=O) groups is 3. The van der Waals surface area contributed by atoms with Crippen LogP contribution < -0.4 is 0 Å². The van der Waals surface area contributed by atoms with Gasteiger partial charge in [-0.15, -0.1) is 0 Å². The summed E-state index contributed by atoms with van der Waals surface area (Å²) in [5.41, 5.74) is 0.910. The van der Waals surface area contributed by atoms with Gasteiger partial charge in [-0.05, 0) is 56.9 Å². The average Bonchev–Trinajstić information content (AvgIpc) is 3.44. The van der Waals surface area contributed by atoms with Crippen molar-refractivity contribution >= 4 is 23.6 Å². The highest BCUT2D eigenvalue weighted by molar-refractivity contribution is 5.85. The van der Waals surface area contributed by atoms with Crippen LogP contribution >= 0.6 is 0 Å². The zero-order chi connectivity index (χ0) is 30.2. The SMILES string of the molecule is CN(C(=O)OC(C)(C)C)[C@@H](CC(C)(C)F)C(=O)O[C@H](Cc1ccc(C2=COCC2)cc1)C(=O)OCc1ccccc1. The number of likely N-dealkylation sites (N-methyl/N-ethyl adjacent to an activating group) is 1. The molecule has 0 aliphatic carbocycles. The number of hydrogen-bond donors (Lipinski definition) is 0. The molecule has 0 unspecified atom stereocenters. The highest BCUT2D eigenvalue weighted by Gasteiger charge is 2.38. The Labute approximate surface area is 241 Å². The standard InChI is InChI=1S/C32H40FNO7/c1-31(2,3)41-30(37)34(6)26(19-32(4,5)33)28(35)40-27(29(36)39-20-23-10-8-7-9-11-23)18-22-12-14-24(15-13-22)25-16-17-38-21-25/h7-15,21,26-27H,16-20H2,1-6H3/t26-,27+/m0/s1. The summed E-state index contributed by atoms with van der Waals surface area (Å²) in [5, 5.41) is 0. The molecule has 1 heterocycles. The highest BCUT2D eigenvalue weighted by atomic mass is 19.1. The molecule has 0 saturated heterocycles. The van der Waals surface area contributed by atoms with Crippen LogP contribution in [0.4, 0.5) is 9.18 Å². The van der Waals surface area contributed by atoms with Crippen LogP contribution in [0, 0.1) is 0 Å². The minimum atomic E-state index is -1.82. The summed E-state index contributed by atoms with van der Waals surface area (Å²) in [7, 11) is 1.34. The Balaban J connectivity index is 1.82. The van der Waals surface area contributed by atoms with E-state index in [2.05, 4.69) is 0 Å². The van der Waals surface area contributed by atoms with Gasteiger partial charge in [0.2, 0.25) is 6.10 Å². The van der Waals surface area contributed by atoms with Gasteiger partial charge in [0.15, 0.2) is 0 Å². The number of hydrogen-bond acceptors (Lipinski definition) is 7. The number of benzene rings is 2. The third-order valence-electron chi connectivity index (χ3n) is 6.31. The number of esters is 2. The Hall–Kier alpha value is -3.88. The van der Waals surface area contributed by atoms with Crippen molar-refractivity contribution in [3.63, 3.8) is 0 Å². The predicted octanol–water partition coefficient (Wildman–Crippen LogP) is 6.02. The van der Waals surface area contributed by atoms with Crippen LogP contribution in [0.5, 0.6) is 0 Å². The molecule has 222 valence electrons. The molecule has 1 aliphatic rings. The van der Waals surface area contributed by atoms with E-state index in [4.69, 9.17) is 18.9 Å². The average molecular weight is 570 g/mol. The van der Waals surface area contributed by atoms with Gasteiger partial charge in [-0.25, -0.2) is 18.8 Å². The fourth-order valence-electron chi connectivity index (χ4n) is 4.18. The lowest BCUT2D eigenvalue weighted by molar-refractivity contribution is -0.172. The van der Waals surface area contributed by atoms with Crippen molar-refractivity contribution in [3.05, 3.63) is 77.5 Å². The minimum Gasteiger partial charge on any atom is -0.501 e. The van der Waals surface area contributed by atoms with E-state index in [0.717, 1.165) is 33.6 Å². The molecule has 0 saturated carbocycles. The molecule has 3 rings (SSSR count). The van der Waals surface area contributed by atoms with Crippen molar-refractivity contribution in [2.24, 2.45) is 0 Å². The molecule has 8 nitrogen and oxygen atoms in total. The first-order valence-electron chi connectivity index (χ1n) is 13.7. The maximum Gasteiger partial charge on any atom is 0.410 e. The van der Waals surface area contributed by atoms with Crippen molar-refractivity contribution in [2.75, 3.05) is 13.7 Å². The summed E-state index contributed by atoms with van der Waals surface area (Å²) in [5.74, 6) is -1.69. The Morgan fingerprint density at radius 1 is 0.951 bits per heavy atom. The summed E-state index contributed by atoms with van der Waals surface area (Å²) >= 11 is 0. The molecule has 0 fully saturated rings. The third kappa shape index (κ3) is 10.2. The molecule has 1 aliphatic heterocycles. The normalized spacial score (nSPS) is 14.8. The first-order chi connectivity index (χ1) is 19.2. The number of carbonyl (C=O) groups excluding carboxylic acids is 3. The van der Waals surface area contributed by atoms with Crippen LogP contribution in [0.15, 0.2) is 60.9 Å². The molecule has 2 aromatic rings. The number of alkyl halides is 1. The quantitative estimate of drug-likeness (QED) is 0.241. The van der Waals surface area contributed by atoms with Crippen molar-refractivity contribution in [3.8, 4) is 0 Å². The number of ether oxygens (including phenoxy) is 4. The second kappa shape index (κ2) is 13.7. The van der Waals surface area contributed by atoms with Crippen LogP contribution in [0.25, 0.3) is 5.57 Å². The fraction of sp³-hybridized carbons (Fsp3) is 0.469. The second-order valence-corrected chi connectivity index (χ2v) is 11.7. The predicted molar refractivity (Wildman–Crippen MR) is 152 cm³/mol. The second-order valence-electron chi connectivity index (χ2n) is 11.7. The molecule has 9 heteroatoms. The van der Waals surface area contributed by atoms with E-state index in [1.165, 1.54) is 20.9 Å². The van der Waals surface area contributed by atoms with Gasteiger partial charge in [-0.2, -0.15) is 0 Å². The monoisotopic (exact) mass is 569 g/mol. The van der Waals surface area contributed by atoms with Gasteiger partial charge in [0, 0.05) is 26.3 Å². The minimum absolute atomic E-state index is 0.0143. The smallest absolute Gasteiger partial charge is 0.410 e. The van der Waals surface area contributed by atoms with E-state index in [9.17, 15) is 18.8 Å². The van der Waals surface area contributed by atoms with Crippen LogP contribution in [-0.4, -0.2) is 60.0 Å². The Morgan fingerprint density at radius 3 is 2.17 bits per heavy atom. The fourth-order valence-corrected chi connectivity index (χ4v) is 4.18. The largest absolute Gasteiger partial charge is 0.501 e. The van der Waals surface area contributed by atoms with E-state index in [1.54, 1.807) is 27.0 Å². The number of rotatable bonds is 11. The molecule has 0 N–H and O–H groups in total. The lowest BCUT2D eigenvalue weighted by atomic mass is 9.99. The first-order valence-corrected chi connectivity index (χ1v) is 13.7. The van der Waals surface area contributed by atoms with Crippen LogP contribution in [0.1, 0.15) is 64.2 Å². The van der Waals surface area contributed by atoms with Gasteiger partial charge in [-0.3, -0.25) is 4.90 Å². The van der Waals surface area contributed by atoms with E-state index in [0.29, 0.717) is 6.61 Å². The molecule has 2 aromatic carbocycles. The molecular weight excluding hydrogens is 529 g/mol. The van der Waals surface area contributed by atoms with E-state index in [1.807, 2.05) is 54.6 Å². The molecule has 0 radical (unpaired) electrons. The zero-order valence-corrected chi connectivity index (χ0v) is 24.6. The summed E-state index contributed by atoms with van der Waals surface area (Å²) < 4.78 is 36.7. The van der Waals surface area contributed by atoms with Crippen molar-refractivity contribution < 1.29 is 37.7 Å². The Bertz CT molecular complexity index is 1210. The van der Waals surface area contributed by atoms with Gasteiger partial charge in [0.25, 0.3) is 0 Å². The first kappa shape index (κ1) is 31.6. The van der Waals surface area contributed by atoms with Gasteiger partial charge in [0.05, 0.1) is 12.9 Å². The Morgan fingerprint density at radius 2 is 1.61 bits per heavy atom. The van der Waals surface area contributed by atoms with Crippen LogP contribution in [-0.2, 0) is 41.6 Å². The van der Waals surface area contributed by atoms with Crippen LogP contribution in [0.2, 0.25) is 0 Å². The zero-order valence-electron chi connectivity index (χ0n) is 24.6. The van der Waals surface area contributed by atoms with Gasteiger partial charge < -0.3 is 18.9 Å². The van der Waals surface area contributed by atoms with Gasteiger partial charge in [-0.1, -0.05) is 54.6 Å². The molecule has 1 amide bonds. The molecule has 2 atom stereocenters. The molecule has 0 spiro atoms. The van der Waals surface area contributed by atoms with Crippen molar-refractivity contribution in [1.82, 2.24) is 4.90 Å². The topological polar surface area (TPSA) is 91.4 Å². The number of nitrogens with zero attached hydrogens (tertiary/aromatic N) is 1. The maximum atomic E-state index is 14.8. The lowest BCUT2D eigenvalue weighted by Crippen LogP contribution is -2.49.